The van der Waals surface area contributed by atoms with Crippen molar-refractivity contribution in [2.24, 2.45) is 0 Å². The first kappa shape index (κ1) is 14.7. The third-order valence-corrected chi connectivity index (χ3v) is 2.48. The number of esters is 1. The second-order valence-electron chi connectivity index (χ2n) is 3.12. The Bertz CT molecular complexity index is 210. The summed E-state index contributed by atoms with van der Waals surface area (Å²) in [6.45, 7) is 0. The van der Waals surface area contributed by atoms with E-state index in [9.17, 15) is 4.79 Å². The maximum atomic E-state index is 10.8. The lowest BCUT2D eigenvalue weighted by molar-refractivity contribution is -0.140. The summed E-state index contributed by atoms with van der Waals surface area (Å²) < 4.78 is 5.72. The number of hydrogen-bond donors (Lipinski definition) is 0. The molecule has 0 N–H and O–H groups in total. The Morgan fingerprint density at radius 3 is 2.47 bits per heavy atom. The molecule has 0 saturated heterocycles. The van der Waals surface area contributed by atoms with Crippen molar-refractivity contribution in [2.75, 3.05) is 11.5 Å². The molecule has 0 aliphatic heterocycles. The normalized spacial score (nSPS) is 11.3. The van der Waals surface area contributed by atoms with Crippen molar-refractivity contribution in [1.82, 2.24) is 0 Å². The van der Waals surface area contributed by atoms with E-state index in [2.05, 4.69) is 51.6 Å². The quantitative estimate of drug-likeness (QED) is 0.224. The Morgan fingerprint density at radius 2 is 1.87 bits per heavy atom. The zero-order chi connectivity index (χ0) is 11.4. The summed E-state index contributed by atoms with van der Waals surface area (Å²) in [5.74, 6) is -0.120. The zero-order valence-electron chi connectivity index (χ0n) is 9.25. The average molecular weight is 322 g/mol. The predicted molar refractivity (Wildman–Crippen MR) is 72.3 cm³/mol. The molecule has 15 heavy (non-hydrogen) atoms. The van der Waals surface area contributed by atoms with Gasteiger partial charge in [0.2, 0.25) is 0 Å². The van der Waals surface area contributed by atoms with Gasteiger partial charge in [-0.05, 0) is 25.7 Å². The van der Waals surface area contributed by atoms with Gasteiger partial charge in [-0.15, -0.1) is 0 Å². The molecule has 0 heterocycles. The largest absolute Gasteiger partial charge is 0.469 e. The van der Waals surface area contributed by atoms with Gasteiger partial charge in [-0.1, -0.05) is 46.9 Å². The summed E-state index contributed by atoms with van der Waals surface area (Å²) in [6.07, 6.45) is 13.1. The highest BCUT2D eigenvalue weighted by Gasteiger charge is 1.96. The number of halogens is 1. The Hall–Kier alpha value is -0.320. The van der Waals surface area contributed by atoms with Gasteiger partial charge in [0.1, 0.15) is 0 Å². The predicted octanol–water partition coefficient (Wildman–Crippen LogP) is 3.66. The van der Waals surface area contributed by atoms with E-state index in [1.54, 1.807) is 0 Å². The molecular weight excluding hydrogens is 303 g/mol. The topological polar surface area (TPSA) is 26.3 Å². The van der Waals surface area contributed by atoms with E-state index in [1.165, 1.54) is 11.5 Å². The van der Waals surface area contributed by atoms with Crippen molar-refractivity contribution in [2.45, 2.75) is 32.1 Å². The van der Waals surface area contributed by atoms with Crippen LogP contribution in [0.2, 0.25) is 0 Å². The first-order chi connectivity index (χ1) is 7.31. The van der Waals surface area contributed by atoms with Crippen LogP contribution < -0.4 is 0 Å². The van der Waals surface area contributed by atoms with Crippen LogP contribution >= 0.6 is 22.6 Å². The fraction of sp³-hybridized carbons (Fsp3) is 0.583. The minimum atomic E-state index is -0.120. The van der Waals surface area contributed by atoms with Gasteiger partial charge in [0, 0.05) is 10.8 Å². The maximum Gasteiger partial charge on any atom is 0.305 e. The lowest BCUT2D eigenvalue weighted by Gasteiger charge is -1.95. The van der Waals surface area contributed by atoms with Crippen LogP contribution in [0.3, 0.4) is 0 Å². The lowest BCUT2D eigenvalue weighted by Crippen LogP contribution is -1.98. The van der Waals surface area contributed by atoms with Crippen LogP contribution in [0, 0.1) is 0 Å². The number of carbonyl (C=O) groups is 1. The molecule has 0 aliphatic rings. The van der Waals surface area contributed by atoms with Gasteiger partial charge in [-0.2, -0.15) is 0 Å². The summed E-state index contributed by atoms with van der Waals surface area (Å²) in [5, 5.41) is 0. The number of unbranched alkanes of at least 4 members (excludes halogenated alkanes) is 1. The van der Waals surface area contributed by atoms with Crippen LogP contribution in [0.5, 0.6) is 0 Å². The summed E-state index contributed by atoms with van der Waals surface area (Å²) in [6, 6.07) is 0. The number of allylic oxidation sites excluding steroid dienone is 4. The first-order valence-corrected chi connectivity index (χ1v) is 6.76. The van der Waals surface area contributed by atoms with E-state index in [0.717, 1.165) is 25.7 Å². The zero-order valence-corrected chi connectivity index (χ0v) is 11.4. The molecule has 0 radical (unpaired) electrons. The van der Waals surface area contributed by atoms with Gasteiger partial charge < -0.3 is 4.74 Å². The first-order valence-electron chi connectivity index (χ1n) is 5.24. The van der Waals surface area contributed by atoms with Crippen LogP contribution in [0.4, 0.5) is 0 Å². The second-order valence-corrected chi connectivity index (χ2v) is 4.20. The maximum absolute atomic E-state index is 10.8. The highest BCUT2D eigenvalue weighted by molar-refractivity contribution is 14.1. The van der Waals surface area contributed by atoms with E-state index in [0.29, 0.717) is 6.42 Å². The summed E-state index contributed by atoms with van der Waals surface area (Å²) in [4.78, 5) is 10.8. The van der Waals surface area contributed by atoms with Crippen molar-refractivity contribution in [3.05, 3.63) is 24.3 Å². The molecule has 0 aromatic heterocycles. The molecule has 2 nitrogen and oxygen atoms in total. The minimum absolute atomic E-state index is 0.120. The van der Waals surface area contributed by atoms with Crippen LogP contribution in [0.15, 0.2) is 24.3 Å². The third kappa shape index (κ3) is 11.6. The van der Waals surface area contributed by atoms with Crippen molar-refractivity contribution in [3.63, 3.8) is 0 Å². The number of alkyl halides is 1. The summed E-state index contributed by atoms with van der Waals surface area (Å²) >= 11 is 2.36. The molecule has 0 aromatic rings. The molecule has 86 valence electrons. The average Bonchev–Trinajstić information content (AvgIpc) is 2.26. The second kappa shape index (κ2) is 11.8. The van der Waals surface area contributed by atoms with Crippen molar-refractivity contribution < 1.29 is 9.53 Å². The fourth-order valence-corrected chi connectivity index (χ4v) is 1.40. The van der Waals surface area contributed by atoms with E-state index >= 15 is 0 Å². The van der Waals surface area contributed by atoms with E-state index in [-0.39, 0.29) is 5.97 Å². The molecule has 0 spiro atoms. The van der Waals surface area contributed by atoms with Gasteiger partial charge in [0.15, 0.2) is 0 Å². The van der Waals surface area contributed by atoms with Crippen molar-refractivity contribution >= 4 is 28.6 Å². The fourth-order valence-electron chi connectivity index (χ4n) is 1.04. The Balaban J connectivity index is 3.28. The molecule has 0 aliphatic carbocycles. The van der Waals surface area contributed by atoms with Crippen LogP contribution in [-0.2, 0) is 9.53 Å². The standard InChI is InChI=1S/C12H19IO2/c1-15-12(14)10-8-6-4-2-3-5-7-9-11-13/h2,4-5,7H,3,6,8-11H2,1H3/b4-2+,7-5+. The van der Waals surface area contributed by atoms with Crippen LogP contribution in [0.25, 0.3) is 0 Å². The molecule has 0 aromatic carbocycles. The number of carbonyl (C=O) groups excluding carboxylic acids is 1. The summed E-state index contributed by atoms with van der Waals surface area (Å²) in [5.41, 5.74) is 0. The van der Waals surface area contributed by atoms with Gasteiger partial charge in [-0.3, -0.25) is 4.79 Å². The molecule has 0 bridgehead atoms. The van der Waals surface area contributed by atoms with E-state index < -0.39 is 0 Å². The number of ether oxygens (including phenoxy) is 1. The highest BCUT2D eigenvalue weighted by atomic mass is 127. The van der Waals surface area contributed by atoms with Gasteiger partial charge in [-0.25, -0.2) is 0 Å². The third-order valence-electron chi connectivity index (χ3n) is 1.86. The van der Waals surface area contributed by atoms with Gasteiger partial charge in [0.05, 0.1) is 7.11 Å². The molecule has 0 rings (SSSR count). The SMILES string of the molecule is COC(=O)CCC/C=C/C/C=C/CCI. The number of hydrogen-bond acceptors (Lipinski definition) is 2. The summed E-state index contributed by atoms with van der Waals surface area (Å²) in [7, 11) is 1.43. The van der Waals surface area contributed by atoms with Crippen LogP contribution in [-0.4, -0.2) is 17.5 Å². The molecule has 3 heteroatoms. The minimum Gasteiger partial charge on any atom is -0.469 e. The number of rotatable bonds is 8. The van der Waals surface area contributed by atoms with E-state index in [1.807, 2.05) is 0 Å². The lowest BCUT2D eigenvalue weighted by atomic mass is 10.2. The van der Waals surface area contributed by atoms with Crippen molar-refractivity contribution in [3.8, 4) is 0 Å². The van der Waals surface area contributed by atoms with Gasteiger partial charge >= 0.3 is 5.97 Å². The molecular formula is C12H19IO2. The van der Waals surface area contributed by atoms with Crippen molar-refractivity contribution in [1.29, 1.82) is 0 Å². The molecule has 0 unspecified atom stereocenters. The van der Waals surface area contributed by atoms with Crippen LogP contribution in [0.1, 0.15) is 32.1 Å². The molecule has 0 saturated carbocycles. The van der Waals surface area contributed by atoms with E-state index in [4.69, 9.17) is 0 Å². The Labute approximate surface area is 106 Å². The molecule has 0 amide bonds. The van der Waals surface area contributed by atoms with Gasteiger partial charge in [0.25, 0.3) is 0 Å². The smallest absolute Gasteiger partial charge is 0.305 e. The Morgan fingerprint density at radius 1 is 1.20 bits per heavy atom. The number of methoxy groups -OCH3 is 1. The highest BCUT2D eigenvalue weighted by Crippen LogP contribution is 1.99. The monoisotopic (exact) mass is 322 g/mol. The molecule has 0 atom stereocenters. The Kier molecular flexibility index (Phi) is 11.5. The molecule has 0 fully saturated rings.